The summed E-state index contributed by atoms with van der Waals surface area (Å²) in [6.07, 6.45) is 8.17. The van der Waals surface area contributed by atoms with E-state index >= 15 is 0 Å². The van der Waals surface area contributed by atoms with Gasteiger partial charge in [-0.25, -0.2) is 0 Å². The van der Waals surface area contributed by atoms with Gasteiger partial charge in [-0.05, 0) is 75.3 Å². The highest BCUT2D eigenvalue weighted by Crippen LogP contribution is 2.22. The van der Waals surface area contributed by atoms with Crippen LogP contribution in [0.1, 0.15) is 43.2 Å². The molecule has 2 heteroatoms. The van der Waals surface area contributed by atoms with Gasteiger partial charge in [-0.3, -0.25) is 4.90 Å². The molecular formula is C18H28N2. The Balaban J connectivity index is 1.63. The van der Waals surface area contributed by atoms with Gasteiger partial charge in [-0.15, -0.1) is 0 Å². The Kier molecular flexibility index (Phi) is 5.10. The van der Waals surface area contributed by atoms with Gasteiger partial charge in [0.15, 0.2) is 0 Å². The number of benzene rings is 1. The lowest BCUT2D eigenvalue weighted by molar-refractivity contribution is 0.220. The summed E-state index contributed by atoms with van der Waals surface area (Å²) in [5.41, 5.74) is 3.18. The van der Waals surface area contributed by atoms with Gasteiger partial charge in [0.25, 0.3) is 0 Å². The van der Waals surface area contributed by atoms with Crippen molar-refractivity contribution in [2.75, 3.05) is 26.2 Å². The van der Waals surface area contributed by atoms with Crippen molar-refractivity contribution in [1.82, 2.24) is 10.2 Å². The molecule has 0 atom stereocenters. The molecule has 2 fully saturated rings. The Bertz CT molecular complexity index is 365. The molecule has 2 nitrogen and oxygen atoms in total. The van der Waals surface area contributed by atoms with Gasteiger partial charge in [0, 0.05) is 6.54 Å². The van der Waals surface area contributed by atoms with Gasteiger partial charge in [-0.1, -0.05) is 30.7 Å². The zero-order chi connectivity index (χ0) is 13.6. The van der Waals surface area contributed by atoms with E-state index in [9.17, 15) is 0 Å². The minimum absolute atomic E-state index is 0.888. The van der Waals surface area contributed by atoms with Crippen LogP contribution >= 0.6 is 0 Å². The van der Waals surface area contributed by atoms with Crippen molar-refractivity contribution in [3.8, 4) is 0 Å². The molecule has 0 bridgehead atoms. The third-order valence-electron chi connectivity index (χ3n) is 4.93. The summed E-state index contributed by atoms with van der Waals surface area (Å²) in [6, 6.07) is 9.15. The maximum atomic E-state index is 3.47. The predicted molar refractivity (Wildman–Crippen MR) is 84.9 cm³/mol. The molecule has 0 saturated carbocycles. The first-order chi connectivity index (χ1) is 9.92. The Labute approximate surface area is 123 Å². The fraction of sp³-hybridized carbons (Fsp3) is 0.667. The highest BCUT2D eigenvalue weighted by atomic mass is 15.1. The van der Waals surface area contributed by atoms with E-state index in [1.165, 1.54) is 71.2 Å². The normalized spacial score (nSPS) is 22.0. The van der Waals surface area contributed by atoms with Gasteiger partial charge in [0.2, 0.25) is 0 Å². The van der Waals surface area contributed by atoms with Crippen LogP contribution in [0.2, 0.25) is 0 Å². The van der Waals surface area contributed by atoms with E-state index < -0.39 is 0 Å². The molecule has 2 heterocycles. The molecule has 0 aromatic heterocycles. The number of rotatable bonds is 4. The van der Waals surface area contributed by atoms with Gasteiger partial charge in [-0.2, -0.15) is 0 Å². The van der Waals surface area contributed by atoms with Crippen molar-refractivity contribution in [3.63, 3.8) is 0 Å². The number of nitrogens with zero attached hydrogens (tertiary/aromatic N) is 1. The maximum absolute atomic E-state index is 3.47. The lowest BCUT2D eigenvalue weighted by atomic mass is 9.89. The molecular weight excluding hydrogens is 244 g/mol. The first-order valence-corrected chi connectivity index (χ1v) is 8.41. The monoisotopic (exact) mass is 272 g/mol. The summed E-state index contributed by atoms with van der Waals surface area (Å²) in [4.78, 5) is 2.64. The average molecular weight is 272 g/mol. The van der Waals surface area contributed by atoms with Gasteiger partial charge < -0.3 is 5.32 Å². The van der Waals surface area contributed by atoms with Crippen LogP contribution in [0.5, 0.6) is 0 Å². The number of piperidine rings is 2. The van der Waals surface area contributed by atoms with E-state index in [1.807, 2.05) is 0 Å². The average Bonchev–Trinajstić information content (AvgIpc) is 2.51. The molecule has 0 amide bonds. The maximum Gasteiger partial charge on any atom is 0.0236 e. The largest absolute Gasteiger partial charge is 0.317 e. The van der Waals surface area contributed by atoms with Crippen LogP contribution in [0, 0.1) is 5.92 Å². The highest BCUT2D eigenvalue weighted by Gasteiger charge is 2.17. The summed E-state index contributed by atoms with van der Waals surface area (Å²) >= 11 is 0. The molecule has 0 unspecified atom stereocenters. The summed E-state index contributed by atoms with van der Waals surface area (Å²) in [5.74, 6) is 0.888. The van der Waals surface area contributed by atoms with Crippen molar-refractivity contribution >= 4 is 0 Å². The molecule has 0 aliphatic carbocycles. The van der Waals surface area contributed by atoms with Crippen LogP contribution in [0.3, 0.4) is 0 Å². The quantitative estimate of drug-likeness (QED) is 0.905. The van der Waals surface area contributed by atoms with Crippen LogP contribution in [-0.2, 0) is 13.0 Å². The number of likely N-dealkylation sites (tertiary alicyclic amines) is 1. The molecule has 20 heavy (non-hydrogen) atoms. The van der Waals surface area contributed by atoms with Gasteiger partial charge in [0.05, 0.1) is 0 Å². The first kappa shape index (κ1) is 14.1. The third-order valence-corrected chi connectivity index (χ3v) is 4.93. The van der Waals surface area contributed by atoms with Crippen LogP contribution < -0.4 is 5.32 Å². The zero-order valence-corrected chi connectivity index (χ0v) is 12.6. The van der Waals surface area contributed by atoms with Gasteiger partial charge >= 0.3 is 0 Å². The summed E-state index contributed by atoms with van der Waals surface area (Å²) in [5, 5.41) is 3.47. The number of hydrogen-bond donors (Lipinski definition) is 1. The van der Waals surface area contributed by atoms with Crippen molar-refractivity contribution < 1.29 is 0 Å². The van der Waals surface area contributed by atoms with Gasteiger partial charge in [0.1, 0.15) is 0 Å². The van der Waals surface area contributed by atoms with E-state index in [0.29, 0.717) is 0 Å². The smallest absolute Gasteiger partial charge is 0.0236 e. The van der Waals surface area contributed by atoms with Crippen LogP contribution in [-0.4, -0.2) is 31.1 Å². The van der Waals surface area contributed by atoms with Crippen LogP contribution in [0.15, 0.2) is 24.3 Å². The summed E-state index contributed by atoms with van der Waals surface area (Å²) in [7, 11) is 0. The molecule has 1 aromatic carbocycles. The molecule has 0 radical (unpaired) electrons. The predicted octanol–water partition coefficient (Wildman–Crippen LogP) is 3.21. The van der Waals surface area contributed by atoms with Crippen molar-refractivity contribution in [1.29, 1.82) is 0 Å². The molecule has 0 spiro atoms. The lowest BCUT2D eigenvalue weighted by Crippen LogP contribution is -2.30. The molecule has 2 aliphatic heterocycles. The van der Waals surface area contributed by atoms with E-state index in [-0.39, 0.29) is 0 Å². The van der Waals surface area contributed by atoms with Crippen molar-refractivity contribution in [2.24, 2.45) is 5.92 Å². The summed E-state index contributed by atoms with van der Waals surface area (Å²) in [6.45, 7) is 6.17. The molecule has 2 saturated heterocycles. The highest BCUT2D eigenvalue weighted by molar-refractivity contribution is 5.27. The zero-order valence-electron chi connectivity index (χ0n) is 12.6. The fourth-order valence-electron chi connectivity index (χ4n) is 3.67. The molecule has 3 rings (SSSR count). The molecule has 1 aromatic rings. The van der Waals surface area contributed by atoms with Crippen molar-refractivity contribution in [2.45, 2.75) is 45.1 Å². The Morgan fingerprint density at radius 3 is 2.40 bits per heavy atom. The molecule has 1 N–H and O–H groups in total. The number of nitrogens with one attached hydrogen (secondary N) is 1. The van der Waals surface area contributed by atoms with Crippen LogP contribution in [0.4, 0.5) is 0 Å². The Morgan fingerprint density at radius 1 is 0.950 bits per heavy atom. The Morgan fingerprint density at radius 2 is 1.65 bits per heavy atom. The fourth-order valence-corrected chi connectivity index (χ4v) is 3.67. The SMILES string of the molecule is c1ccc(CN2CCCCC2)c(CC2CCNCC2)c1. The lowest BCUT2D eigenvalue weighted by Gasteiger charge is -2.28. The Hall–Kier alpha value is -0.860. The second-order valence-corrected chi connectivity index (χ2v) is 6.50. The second-order valence-electron chi connectivity index (χ2n) is 6.50. The van der Waals surface area contributed by atoms with E-state index in [1.54, 1.807) is 11.1 Å². The van der Waals surface area contributed by atoms with Crippen molar-refractivity contribution in [3.05, 3.63) is 35.4 Å². The van der Waals surface area contributed by atoms with Crippen LogP contribution in [0.25, 0.3) is 0 Å². The second kappa shape index (κ2) is 7.24. The van der Waals surface area contributed by atoms with E-state index in [4.69, 9.17) is 0 Å². The number of hydrogen-bond acceptors (Lipinski definition) is 2. The standard InChI is InChI=1S/C18H28N2/c1-4-12-20(13-5-1)15-18-7-3-2-6-17(18)14-16-8-10-19-11-9-16/h2-3,6-7,16,19H,1,4-5,8-15H2. The third kappa shape index (κ3) is 3.83. The minimum Gasteiger partial charge on any atom is -0.317 e. The summed E-state index contributed by atoms with van der Waals surface area (Å²) < 4.78 is 0. The topological polar surface area (TPSA) is 15.3 Å². The van der Waals surface area contributed by atoms with E-state index in [0.717, 1.165) is 5.92 Å². The first-order valence-electron chi connectivity index (χ1n) is 8.41. The minimum atomic E-state index is 0.888. The molecule has 110 valence electrons. The van der Waals surface area contributed by atoms with E-state index in [2.05, 4.69) is 34.5 Å². The molecule has 2 aliphatic rings.